The maximum atomic E-state index is 13.0. The average Bonchev–Trinajstić information content (AvgIpc) is 2.95. The molecule has 0 radical (unpaired) electrons. The van der Waals surface area contributed by atoms with E-state index >= 15 is 0 Å². The van der Waals surface area contributed by atoms with E-state index in [0.717, 1.165) is 16.3 Å². The van der Waals surface area contributed by atoms with Crippen molar-refractivity contribution in [2.24, 2.45) is 5.16 Å². The molecule has 3 aromatic carbocycles. The van der Waals surface area contributed by atoms with Crippen molar-refractivity contribution in [1.82, 2.24) is 4.98 Å². The van der Waals surface area contributed by atoms with Gasteiger partial charge in [-0.2, -0.15) is 0 Å². The van der Waals surface area contributed by atoms with Crippen LogP contribution in [0.4, 0.5) is 0 Å². The first-order valence-electron chi connectivity index (χ1n) is 12.3. The zero-order valence-electron chi connectivity index (χ0n) is 23.2. The molecule has 8 nitrogen and oxygen atoms in total. The van der Waals surface area contributed by atoms with E-state index in [1.165, 1.54) is 0 Å². The van der Waals surface area contributed by atoms with E-state index in [2.05, 4.69) is 30.9 Å². The van der Waals surface area contributed by atoms with Crippen LogP contribution >= 0.6 is 0 Å². The second kappa shape index (κ2) is 11.4. The Morgan fingerprint density at radius 1 is 0.718 bits per heavy atom. The fourth-order valence-corrected chi connectivity index (χ4v) is 4.15. The zero-order valence-corrected chi connectivity index (χ0v) is 23.2. The molecule has 8 heteroatoms. The van der Waals surface area contributed by atoms with Gasteiger partial charge in [0.05, 0.1) is 34.0 Å². The number of aromatic nitrogens is 1. The number of hydrogen-bond acceptors (Lipinski definition) is 8. The number of rotatable bonds is 8. The van der Waals surface area contributed by atoms with Crippen LogP contribution in [0.3, 0.4) is 0 Å². The number of nitrogens with zero attached hydrogens (tertiary/aromatic N) is 2. The minimum Gasteiger partial charge on any atom is -0.493 e. The summed E-state index contributed by atoms with van der Waals surface area (Å²) in [6, 6.07) is 18.2. The van der Waals surface area contributed by atoms with E-state index in [0.29, 0.717) is 45.5 Å². The Morgan fingerprint density at radius 2 is 1.31 bits per heavy atom. The fraction of sp³-hybridized carbons (Fsp3) is 0.258. The number of pyridine rings is 1. The fourth-order valence-electron chi connectivity index (χ4n) is 4.15. The Labute approximate surface area is 228 Å². The second-order valence-electron chi connectivity index (χ2n) is 9.80. The van der Waals surface area contributed by atoms with E-state index in [1.807, 2.05) is 30.3 Å². The van der Waals surface area contributed by atoms with Gasteiger partial charge in [0, 0.05) is 17.1 Å². The number of oxime groups is 1. The van der Waals surface area contributed by atoms with Crippen molar-refractivity contribution in [3.63, 3.8) is 0 Å². The van der Waals surface area contributed by atoms with Crippen molar-refractivity contribution in [1.29, 1.82) is 0 Å². The van der Waals surface area contributed by atoms with Crippen LogP contribution in [0.25, 0.3) is 10.8 Å². The summed E-state index contributed by atoms with van der Waals surface area (Å²) in [4.78, 5) is 23.1. The lowest BCUT2D eigenvalue weighted by Gasteiger charge is -2.18. The Kier molecular flexibility index (Phi) is 8.04. The highest BCUT2D eigenvalue weighted by molar-refractivity contribution is 6.18. The highest BCUT2D eigenvalue weighted by Gasteiger charge is 2.20. The summed E-state index contributed by atoms with van der Waals surface area (Å²) >= 11 is 0. The summed E-state index contributed by atoms with van der Waals surface area (Å²) in [5.41, 5.74) is 2.88. The van der Waals surface area contributed by atoms with Crippen LogP contribution in [-0.2, 0) is 10.3 Å². The molecule has 1 aromatic heterocycles. The Hall–Kier alpha value is -4.59. The summed E-state index contributed by atoms with van der Waals surface area (Å²) in [6.07, 6.45) is 1.66. The first-order valence-corrected chi connectivity index (χ1v) is 12.3. The smallest absolute Gasteiger partial charge is 0.365 e. The predicted octanol–water partition coefficient (Wildman–Crippen LogP) is 6.18. The summed E-state index contributed by atoms with van der Waals surface area (Å²) < 4.78 is 21.9. The van der Waals surface area contributed by atoms with E-state index in [4.69, 9.17) is 23.8 Å². The number of fused-ring (bicyclic) bond motifs is 1. The number of carbonyl (C=O) groups excluding carboxylic acids is 1. The molecule has 0 aliphatic heterocycles. The molecule has 0 spiro atoms. The van der Waals surface area contributed by atoms with E-state index in [-0.39, 0.29) is 5.41 Å². The van der Waals surface area contributed by atoms with Crippen molar-refractivity contribution >= 4 is 22.5 Å². The van der Waals surface area contributed by atoms with Crippen molar-refractivity contribution in [3.8, 4) is 23.0 Å². The third-order valence-electron chi connectivity index (χ3n) is 6.36. The molecule has 0 saturated carbocycles. The standard InChI is InChI=1S/C31H32N2O6/c1-31(2,3)22-11-8-19(9-12-22)30(34)39-33-28(21-10-13-24(35-4)25(17-21)36-5)29-23-18-27(38-7)26(37-6)16-20(23)14-15-32-29/h8-18H,1-7H3. The van der Waals surface area contributed by atoms with Gasteiger partial charge in [0.2, 0.25) is 0 Å². The summed E-state index contributed by atoms with van der Waals surface area (Å²) in [7, 11) is 6.25. The molecule has 0 N–H and O–H groups in total. The lowest BCUT2D eigenvalue weighted by Crippen LogP contribution is -2.12. The minimum absolute atomic E-state index is 0.0368. The molecule has 1 heterocycles. The van der Waals surface area contributed by atoms with Crippen molar-refractivity contribution in [2.75, 3.05) is 28.4 Å². The number of carbonyl (C=O) groups is 1. The number of hydrogen-bond donors (Lipinski definition) is 0. The maximum Gasteiger partial charge on any atom is 0.365 e. The molecule has 0 fully saturated rings. The monoisotopic (exact) mass is 528 g/mol. The van der Waals surface area contributed by atoms with E-state index in [9.17, 15) is 4.79 Å². The quantitative estimate of drug-likeness (QED) is 0.153. The molecule has 0 aliphatic rings. The molecule has 0 bridgehead atoms. The van der Waals surface area contributed by atoms with Crippen LogP contribution in [-0.4, -0.2) is 45.1 Å². The van der Waals surface area contributed by atoms with Gasteiger partial charge in [0.1, 0.15) is 11.4 Å². The first kappa shape index (κ1) is 27.4. The van der Waals surface area contributed by atoms with Crippen molar-refractivity contribution in [2.45, 2.75) is 26.2 Å². The molecule has 202 valence electrons. The second-order valence-corrected chi connectivity index (χ2v) is 9.80. The normalized spacial score (nSPS) is 11.7. The molecule has 0 amide bonds. The van der Waals surface area contributed by atoms with Crippen LogP contribution in [0.15, 0.2) is 72.0 Å². The Morgan fingerprint density at radius 3 is 1.92 bits per heavy atom. The van der Waals surface area contributed by atoms with Gasteiger partial charge in [-0.25, -0.2) is 4.79 Å². The largest absolute Gasteiger partial charge is 0.493 e. The topological polar surface area (TPSA) is 88.5 Å². The number of ether oxygens (including phenoxy) is 4. The molecule has 0 saturated heterocycles. The number of methoxy groups -OCH3 is 4. The SMILES string of the molecule is COc1ccc(C(=NOC(=O)c2ccc(C(C)(C)C)cc2)c2nccc3cc(OC)c(OC)cc23)cc1OC. The lowest BCUT2D eigenvalue weighted by molar-refractivity contribution is 0.0517. The van der Waals surface area contributed by atoms with Crippen LogP contribution in [0.5, 0.6) is 23.0 Å². The highest BCUT2D eigenvalue weighted by atomic mass is 16.7. The van der Waals surface area contributed by atoms with E-state index in [1.54, 1.807) is 65.0 Å². The van der Waals surface area contributed by atoms with Gasteiger partial charge in [-0.15, -0.1) is 0 Å². The molecule has 4 rings (SSSR count). The average molecular weight is 529 g/mol. The van der Waals surface area contributed by atoms with Crippen LogP contribution in [0.2, 0.25) is 0 Å². The van der Waals surface area contributed by atoms with Crippen LogP contribution in [0.1, 0.15) is 48.0 Å². The molecule has 0 atom stereocenters. The minimum atomic E-state index is -0.590. The van der Waals surface area contributed by atoms with Gasteiger partial charge in [0.25, 0.3) is 0 Å². The van der Waals surface area contributed by atoms with Gasteiger partial charge in [0.15, 0.2) is 23.0 Å². The van der Waals surface area contributed by atoms with Crippen molar-refractivity contribution in [3.05, 3.63) is 89.2 Å². The van der Waals surface area contributed by atoms with Gasteiger partial charge in [-0.3, -0.25) is 4.98 Å². The number of benzene rings is 3. The van der Waals surface area contributed by atoms with Crippen LogP contribution < -0.4 is 18.9 Å². The molecular weight excluding hydrogens is 496 g/mol. The summed E-state index contributed by atoms with van der Waals surface area (Å²) in [6.45, 7) is 6.34. The van der Waals surface area contributed by atoms with E-state index < -0.39 is 5.97 Å². The Balaban J connectivity index is 1.83. The van der Waals surface area contributed by atoms with Gasteiger partial charge < -0.3 is 23.8 Å². The van der Waals surface area contributed by atoms with Gasteiger partial charge in [-0.1, -0.05) is 38.1 Å². The molecule has 0 unspecified atom stereocenters. The predicted molar refractivity (Wildman–Crippen MR) is 151 cm³/mol. The third-order valence-corrected chi connectivity index (χ3v) is 6.36. The summed E-state index contributed by atoms with van der Waals surface area (Å²) in [5.74, 6) is 1.56. The van der Waals surface area contributed by atoms with Crippen molar-refractivity contribution < 1.29 is 28.6 Å². The van der Waals surface area contributed by atoms with Gasteiger partial charge in [-0.05, 0) is 64.9 Å². The summed E-state index contributed by atoms with van der Waals surface area (Å²) in [5, 5.41) is 5.90. The third kappa shape index (κ3) is 5.80. The maximum absolute atomic E-state index is 13.0. The first-order chi connectivity index (χ1) is 18.7. The van der Waals surface area contributed by atoms with Gasteiger partial charge >= 0.3 is 5.97 Å². The molecule has 39 heavy (non-hydrogen) atoms. The molecule has 0 aliphatic carbocycles. The molecular formula is C31H32N2O6. The van der Waals surface area contributed by atoms with Crippen LogP contribution in [0, 0.1) is 0 Å². The molecule has 4 aromatic rings. The Bertz CT molecular complexity index is 1520. The lowest BCUT2D eigenvalue weighted by atomic mass is 9.87. The zero-order chi connectivity index (χ0) is 28.2. The highest BCUT2D eigenvalue weighted by Crippen LogP contribution is 2.35.